The maximum atomic E-state index is 10.6. The molecule has 0 unspecified atom stereocenters. The molecule has 0 aliphatic carbocycles. The van der Waals surface area contributed by atoms with E-state index >= 15 is 0 Å². The van der Waals surface area contributed by atoms with Crippen LogP contribution in [0.15, 0.2) is 0 Å². The molecule has 0 aromatic rings. The predicted molar refractivity (Wildman–Crippen MR) is 41.5 cm³/mol. The smallest absolute Gasteiger partial charge is 0.318 e. The number of rotatable bonds is 1. The molecule has 0 aromatic carbocycles. The first-order chi connectivity index (χ1) is 4.61. The van der Waals surface area contributed by atoms with Gasteiger partial charge in [-0.25, -0.2) is 0 Å². The van der Waals surface area contributed by atoms with Gasteiger partial charge in [-0.15, -0.1) is 0 Å². The Bertz CT molecular complexity index is 180. The van der Waals surface area contributed by atoms with Gasteiger partial charge in [0.1, 0.15) is 5.25 Å². The average molecular weight is 178 g/mol. The van der Waals surface area contributed by atoms with Gasteiger partial charge in [0.2, 0.25) is 4.45 Å². The summed E-state index contributed by atoms with van der Waals surface area (Å²) in [6.45, 7) is 1.75. The minimum absolute atomic E-state index is 0.0834. The Morgan fingerprint density at radius 2 is 2.20 bits per heavy atom. The third kappa shape index (κ3) is 1.46. The molecule has 1 fully saturated rings. The number of aliphatic carboxylic acids is 1. The average Bonchev–Trinajstić information content (AvgIpc) is 2.10. The second-order valence-corrected chi connectivity index (χ2v) is 4.67. The van der Waals surface area contributed by atoms with Crippen LogP contribution in [0.1, 0.15) is 6.92 Å². The molecule has 1 aliphatic heterocycles. The summed E-state index contributed by atoms with van der Waals surface area (Å²) in [6, 6.07) is 0. The van der Waals surface area contributed by atoms with Crippen LogP contribution in [0.3, 0.4) is 0 Å². The molecule has 1 N–H and O–H groups in total. The molecule has 0 aromatic heterocycles. The van der Waals surface area contributed by atoms with E-state index in [4.69, 9.17) is 5.11 Å². The van der Waals surface area contributed by atoms with Crippen molar-refractivity contribution in [2.24, 2.45) is 0 Å². The van der Waals surface area contributed by atoms with E-state index in [1.54, 1.807) is 6.92 Å². The van der Waals surface area contributed by atoms with E-state index in [1.165, 1.54) is 0 Å². The second kappa shape index (κ2) is 2.84. The summed E-state index contributed by atoms with van der Waals surface area (Å²) >= 11 is 2.01. The lowest BCUT2D eigenvalue weighted by Gasteiger charge is -2.03. The van der Waals surface area contributed by atoms with E-state index in [2.05, 4.69) is 0 Å². The maximum absolute atomic E-state index is 10.6. The van der Waals surface area contributed by atoms with Crippen molar-refractivity contribution in [2.75, 3.05) is 0 Å². The zero-order valence-electron chi connectivity index (χ0n) is 5.23. The molecule has 0 radical (unpaired) electrons. The van der Waals surface area contributed by atoms with E-state index in [0.717, 1.165) is 23.5 Å². The molecule has 1 heterocycles. The second-order valence-electron chi connectivity index (χ2n) is 1.95. The first kappa shape index (κ1) is 7.94. The molecule has 0 spiro atoms. The van der Waals surface area contributed by atoms with Gasteiger partial charge in [0.15, 0.2) is 0 Å². The summed E-state index contributed by atoms with van der Waals surface area (Å²) in [6.07, 6.45) is 0. The zero-order chi connectivity index (χ0) is 7.72. The molecule has 1 rings (SSSR count). The molecule has 1 saturated heterocycles. The monoisotopic (exact) mass is 178 g/mol. The molecular formula is C5H6O3S2. The fourth-order valence-corrected chi connectivity index (χ4v) is 3.06. The van der Waals surface area contributed by atoms with Crippen molar-refractivity contribution in [3.8, 4) is 0 Å². The van der Waals surface area contributed by atoms with Crippen LogP contribution >= 0.6 is 23.5 Å². The normalized spacial score (nSPS) is 32.7. The summed E-state index contributed by atoms with van der Waals surface area (Å²) in [5.74, 6) is -0.893. The summed E-state index contributed by atoms with van der Waals surface area (Å²) in [5, 5.41) is 7.88. The van der Waals surface area contributed by atoms with Gasteiger partial charge >= 0.3 is 5.97 Å². The van der Waals surface area contributed by atoms with Gasteiger partial charge in [-0.05, 0) is 0 Å². The summed E-state index contributed by atoms with van der Waals surface area (Å²) < 4.78 is -0.0834. The Balaban J connectivity index is 2.63. The summed E-state index contributed by atoms with van der Waals surface area (Å²) in [7, 11) is 0. The third-order valence-corrected chi connectivity index (χ3v) is 3.82. The van der Waals surface area contributed by atoms with Gasteiger partial charge in [-0.1, -0.05) is 30.4 Å². The molecule has 56 valence electrons. The molecule has 0 amide bonds. The predicted octanol–water partition coefficient (Wildman–Crippen LogP) is 1.43. The lowest BCUT2D eigenvalue weighted by molar-refractivity contribution is -0.136. The minimum atomic E-state index is -0.893. The Morgan fingerprint density at radius 3 is 2.40 bits per heavy atom. The van der Waals surface area contributed by atoms with Crippen LogP contribution in [-0.2, 0) is 4.79 Å². The van der Waals surface area contributed by atoms with Crippen molar-refractivity contribution in [1.82, 2.24) is 0 Å². The lowest BCUT2D eigenvalue weighted by atomic mass is 10.3. The Labute approximate surface area is 66.6 Å². The van der Waals surface area contributed by atoms with Crippen LogP contribution in [0.4, 0.5) is 4.79 Å². The van der Waals surface area contributed by atoms with Crippen molar-refractivity contribution >= 4 is 33.9 Å². The van der Waals surface area contributed by atoms with E-state index in [0.29, 0.717) is 0 Å². The third-order valence-electron chi connectivity index (χ3n) is 1.18. The van der Waals surface area contributed by atoms with Crippen LogP contribution in [0, 0.1) is 0 Å². The fraction of sp³-hybridized carbons (Fsp3) is 0.600. The van der Waals surface area contributed by atoms with Crippen LogP contribution in [-0.4, -0.2) is 26.0 Å². The molecule has 0 bridgehead atoms. The van der Waals surface area contributed by atoms with E-state index < -0.39 is 11.2 Å². The van der Waals surface area contributed by atoms with Crippen LogP contribution in [0.25, 0.3) is 0 Å². The topological polar surface area (TPSA) is 54.4 Å². The highest BCUT2D eigenvalue weighted by atomic mass is 32.2. The highest BCUT2D eigenvalue weighted by Crippen LogP contribution is 2.38. The van der Waals surface area contributed by atoms with Gasteiger partial charge in [0.25, 0.3) is 0 Å². The van der Waals surface area contributed by atoms with E-state index in [-0.39, 0.29) is 9.70 Å². The van der Waals surface area contributed by atoms with Crippen LogP contribution in [0.5, 0.6) is 0 Å². The number of thioether (sulfide) groups is 2. The highest BCUT2D eigenvalue weighted by Gasteiger charge is 2.36. The molecule has 10 heavy (non-hydrogen) atoms. The summed E-state index contributed by atoms with van der Waals surface area (Å²) in [5.41, 5.74) is 0. The molecule has 1 aliphatic rings. The van der Waals surface area contributed by atoms with Gasteiger partial charge in [-0.2, -0.15) is 0 Å². The van der Waals surface area contributed by atoms with Gasteiger partial charge in [-0.3, -0.25) is 9.59 Å². The Kier molecular flexibility index (Phi) is 2.25. The number of carbonyl (C=O) groups is 2. The largest absolute Gasteiger partial charge is 0.480 e. The van der Waals surface area contributed by atoms with Crippen LogP contribution in [0.2, 0.25) is 0 Å². The van der Waals surface area contributed by atoms with Crippen molar-refractivity contribution in [2.45, 2.75) is 17.4 Å². The van der Waals surface area contributed by atoms with Crippen molar-refractivity contribution < 1.29 is 14.7 Å². The fourth-order valence-electron chi connectivity index (χ4n) is 0.692. The van der Waals surface area contributed by atoms with E-state index in [9.17, 15) is 9.59 Å². The Hall–Kier alpha value is -0.160. The number of carboxylic acids is 1. The van der Waals surface area contributed by atoms with Gasteiger partial charge < -0.3 is 5.11 Å². The molecular weight excluding hydrogens is 172 g/mol. The number of hydrogen-bond acceptors (Lipinski definition) is 4. The summed E-state index contributed by atoms with van der Waals surface area (Å²) in [4.78, 5) is 21.0. The van der Waals surface area contributed by atoms with Crippen molar-refractivity contribution in [1.29, 1.82) is 0 Å². The van der Waals surface area contributed by atoms with Gasteiger partial charge in [0.05, 0.1) is 0 Å². The molecule has 5 heteroatoms. The number of carboxylic acid groups (broad SMARTS) is 1. The highest BCUT2D eigenvalue weighted by molar-refractivity contribution is 8.42. The molecule has 0 saturated carbocycles. The first-order valence-electron chi connectivity index (χ1n) is 2.71. The van der Waals surface area contributed by atoms with Crippen LogP contribution < -0.4 is 0 Å². The minimum Gasteiger partial charge on any atom is -0.480 e. The number of hydrogen-bond donors (Lipinski definition) is 1. The molecule has 3 nitrogen and oxygen atoms in total. The lowest BCUT2D eigenvalue weighted by Crippen LogP contribution is -2.22. The first-order valence-corrected chi connectivity index (χ1v) is 4.47. The maximum Gasteiger partial charge on any atom is 0.318 e. The van der Waals surface area contributed by atoms with E-state index in [1.807, 2.05) is 0 Å². The molecule has 2 atom stereocenters. The zero-order valence-corrected chi connectivity index (χ0v) is 6.87. The number of carbonyl (C=O) groups excluding carboxylic acids is 1. The van der Waals surface area contributed by atoms with Crippen molar-refractivity contribution in [3.05, 3.63) is 0 Å². The van der Waals surface area contributed by atoms with Crippen molar-refractivity contribution in [3.63, 3.8) is 0 Å². The van der Waals surface area contributed by atoms with Gasteiger partial charge in [0, 0.05) is 5.25 Å². The Morgan fingerprint density at radius 1 is 1.60 bits per heavy atom. The standard InChI is InChI=1S/C5H6O3S2/c1-2-3(4(6)7)10-5(8)9-2/h2-3H,1H3,(H,6,7)/t2-,3+/m1/s1. The quantitative estimate of drug-likeness (QED) is 0.658. The SMILES string of the molecule is C[C@H]1SC(=O)S[C@@H]1C(=O)O.